The largest absolute Gasteiger partial charge is 0.356 e. The second kappa shape index (κ2) is 6.06. The monoisotopic (exact) mass is 354 g/mol. The number of sulfonamides is 1. The van der Waals surface area contributed by atoms with Crippen LogP contribution in [0, 0.1) is 0 Å². The van der Waals surface area contributed by atoms with Gasteiger partial charge in [-0.1, -0.05) is 29.4 Å². The van der Waals surface area contributed by atoms with Gasteiger partial charge in [0.2, 0.25) is 10.0 Å². The van der Waals surface area contributed by atoms with Gasteiger partial charge in [0.15, 0.2) is 5.58 Å². The highest BCUT2D eigenvalue weighted by molar-refractivity contribution is 7.91. The summed E-state index contributed by atoms with van der Waals surface area (Å²) in [5, 5.41) is 11.3. The zero-order valence-corrected chi connectivity index (χ0v) is 13.8. The molecule has 0 aliphatic heterocycles. The number of aromatic amines is 1. The summed E-state index contributed by atoms with van der Waals surface area (Å²) in [7, 11) is -3.63. The minimum atomic E-state index is -3.63. The summed E-state index contributed by atoms with van der Waals surface area (Å²) in [6.45, 7) is 0. The number of hydrogen-bond donors (Lipinski definition) is 2. The molecule has 0 unspecified atom stereocenters. The van der Waals surface area contributed by atoms with Crippen LogP contribution < -0.4 is 4.72 Å². The number of anilines is 1. The summed E-state index contributed by atoms with van der Waals surface area (Å²) < 4.78 is 32.7. The zero-order chi connectivity index (χ0) is 17.3. The molecule has 0 spiro atoms. The molecule has 0 saturated heterocycles. The van der Waals surface area contributed by atoms with Crippen molar-refractivity contribution in [3.05, 3.63) is 66.5 Å². The zero-order valence-electron chi connectivity index (χ0n) is 13.0. The lowest BCUT2D eigenvalue weighted by atomic mass is 10.1. The van der Waals surface area contributed by atoms with Crippen LogP contribution in [0.1, 0.15) is 5.69 Å². The van der Waals surface area contributed by atoms with Gasteiger partial charge in [0.25, 0.3) is 0 Å². The number of H-pyrrole nitrogens is 1. The summed E-state index contributed by atoms with van der Waals surface area (Å²) in [6, 6.07) is 16.1. The normalized spacial score (nSPS) is 11.7. The van der Waals surface area contributed by atoms with E-state index in [4.69, 9.17) is 4.52 Å². The molecule has 0 radical (unpaired) electrons. The molecule has 126 valence electrons. The van der Waals surface area contributed by atoms with Crippen LogP contribution in [-0.2, 0) is 15.8 Å². The van der Waals surface area contributed by atoms with E-state index in [-0.39, 0.29) is 5.75 Å². The summed E-state index contributed by atoms with van der Waals surface area (Å²) in [5.74, 6) is -0.266. The maximum atomic E-state index is 12.5. The lowest BCUT2D eigenvalue weighted by molar-refractivity contribution is 0.448. The number of hydrogen-bond acceptors (Lipinski definition) is 5. The maximum absolute atomic E-state index is 12.5. The van der Waals surface area contributed by atoms with Gasteiger partial charge in [-0.25, -0.2) is 8.42 Å². The highest BCUT2D eigenvalue weighted by atomic mass is 32.2. The van der Waals surface area contributed by atoms with Gasteiger partial charge in [0, 0.05) is 22.8 Å². The smallest absolute Gasteiger partial charge is 0.238 e. The number of fused-ring (bicyclic) bond motifs is 1. The van der Waals surface area contributed by atoms with E-state index in [9.17, 15) is 8.42 Å². The Morgan fingerprint density at radius 2 is 1.96 bits per heavy atom. The molecule has 4 rings (SSSR count). The van der Waals surface area contributed by atoms with Crippen molar-refractivity contribution in [1.29, 1.82) is 0 Å². The van der Waals surface area contributed by atoms with Crippen molar-refractivity contribution in [3.8, 4) is 11.3 Å². The first kappa shape index (κ1) is 15.4. The molecule has 2 aromatic carbocycles. The number of nitrogens with zero attached hydrogens (tertiary/aromatic N) is 2. The second-order valence-corrected chi connectivity index (χ2v) is 7.26. The first-order chi connectivity index (χ1) is 12.1. The third kappa shape index (κ3) is 3.24. The predicted octanol–water partition coefficient (Wildman–Crippen LogP) is 3.16. The fourth-order valence-electron chi connectivity index (χ4n) is 2.60. The van der Waals surface area contributed by atoms with Crippen molar-refractivity contribution in [2.75, 3.05) is 4.72 Å². The Morgan fingerprint density at radius 1 is 1.08 bits per heavy atom. The molecule has 0 atom stereocenters. The van der Waals surface area contributed by atoms with E-state index in [1.807, 2.05) is 24.3 Å². The Hall–Kier alpha value is -3.13. The van der Waals surface area contributed by atoms with E-state index in [1.165, 1.54) is 0 Å². The molecule has 0 fully saturated rings. The van der Waals surface area contributed by atoms with Gasteiger partial charge in [0.05, 0.1) is 5.69 Å². The van der Waals surface area contributed by atoms with Gasteiger partial charge in [0.1, 0.15) is 11.4 Å². The Bertz CT molecular complexity index is 1120. The van der Waals surface area contributed by atoms with Gasteiger partial charge in [-0.05, 0) is 30.3 Å². The second-order valence-electron chi connectivity index (χ2n) is 5.54. The molecular formula is C17H14N4O3S. The fourth-order valence-corrected chi connectivity index (χ4v) is 3.73. The standard InChI is InChI=1S/C17H14N4O3S/c22-25(23,11-16-14-6-1-2-7-17(14)24-20-16)21-13-5-3-4-12(10-13)15-8-9-18-19-15/h1-10,21H,11H2,(H,18,19). The topological polar surface area (TPSA) is 101 Å². The highest BCUT2D eigenvalue weighted by Crippen LogP contribution is 2.23. The van der Waals surface area contributed by atoms with E-state index in [0.717, 1.165) is 11.3 Å². The molecule has 0 saturated carbocycles. The fraction of sp³-hybridized carbons (Fsp3) is 0.0588. The van der Waals surface area contributed by atoms with E-state index in [2.05, 4.69) is 20.1 Å². The summed E-state index contributed by atoms with van der Waals surface area (Å²) in [6.07, 6.45) is 1.64. The number of rotatable bonds is 5. The van der Waals surface area contributed by atoms with Gasteiger partial charge in [-0.3, -0.25) is 9.82 Å². The molecule has 0 aliphatic carbocycles. The van der Waals surface area contributed by atoms with Crippen molar-refractivity contribution >= 4 is 26.7 Å². The van der Waals surface area contributed by atoms with E-state index in [0.29, 0.717) is 22.4 Å². The molecule has 0 amide bonds. The molecule has 2 N–H and O–H groups in total. The maximum Gasteiger partial charge on any atom is 0.238 e. The van der Waals surface area contributed by atoms with Crippen molar-refractivity contribution in [2.24, 2.45) is 0 Å². The molecule has 2 heterocycles. The van der Waals surface area contributed by atoms with Gasteiger partial charge in [-0.15, -0.1) is 0 Å². The van der Waals surface area contributed by atoms with Gasteiger partial charge < -0.3 is 4.52 Å². The van der Waals surface area contributed by atoms with Crippen molar-refractivity contribution in [1.82, 2.24) is 15.4 Å². The van der Waals surface area contributed by atoms with Crippen LogP contribution in [0.15, 0.2) is 65.3 Å². The molecule has 4 aromatic rings. The third-order valence-corrected chi connectivity index (χ3v) is 4.93. The van der Waals surface area contributed by atoms with Gasteiger partial charge >= 0.3 is 0 Å². The third-order valence-electron chi connectivity index (χ3n) is 3.73. The number of benzene rings is 2. The summed E-state index contributed by atoms with van der Waals surface area (Å²) in [4.78, 5) is 0. The quantitative estimate of drug-likeness (QED) is 0.573. The average molecular weight is 354 g/mol. The molecule has 2 aromatic heterocycles. The van der Waals surface area contributed by atoms with Crippen molar-refractivity contribution < 1.29 is 12.9 Å². The lowest BCUT2D eigenvalue weighted by Gasteiger charge is -2.08. The van der Waals surface area contributed by atoms with E-state index in [1.54, 1.807) is 36.5 Å². The van der Waals surface area contributed by atoms with Crippen LogP contribution in [0.5, 0.6) is 0 Å². The van der Waals surface area contributed by atoms with Crippen LogP contribution in [0.25, 0.3) is 22.2 Å². The molecule has 0 bridgehead atoms. The SMILES string of the molecule is O=S(=O)(Cc1noc2ccccc12)Nc1cccc(-c2ccn[nH]2)c1. The van der Waals surface area contributed by atoms with E-state index < -0.39 is 10.0 Å². The van der Waals surface area contributed by atoms with Crippen LogP contribution in [0.2, 0.25) is 0 Å². The number of para-hydroxylation sites is 1. The number of nitrogens with one attached hydrogen (secondary N) is 2. The number of aromatic nitrogens is 3. The van der Waals surface area contributed by atoms with Gasteiger partial charge in [-0.2, -0.15) is 5.10 Å². The van der Waals surface area contributed by atoms with Crippen LogP contribution in [0.3, 0.4) is 0 Å². The molecular weight excluding hydrogens is 340 g/mol. The molecule has 25 heavy (non-hydrogen) atoms. The summed E-state index contributed by atoms with van der Waals surface area (Å²) in [5.41, 5.74) is 3.06. The highest BCUT2D eigenvalue weighted by Gasteiger charge is 2.17. The Morgan fingerprint density at radius 3 is 2.80 bits per heavy atom. The Balaban J connectivity index is 1.58. The summed E-state index contributed by atoms with van der Waals surface area (Å²) >= 11 is 0. The van der Waals surface area contributed by atoms with Crippen molar-refractivity contribution in [3.63, 3.8) is 0 Å². The lowest BCUT2D eigenvalue weighted by Crippen LogP contribution is -2.15. The molecule has 8 heteroatoms. The minimum Gasteiger partial charge on any atom is -0.356 e. The minimum absolute atomic E-state index is 0.266. The Kier molecular flexibility index (Phi) is 3.73. The first-order valence-corrected chi connectivity index (χ1v) is 9.19. The van der Waals surface area contributed by atoms with Crippen LogP contribution in [-0.4, -0.2) is 23.8 Å². The molecule has 7 nitrogen and oxygen atoms in total. The predicted molar refractivity (Wildman–Crippen MR) is 94.3 cm³/mol. The van der Waals surface area contributed by atoms with Crippen LogP contribution in [0.4, 0.5) is 5.69 Å². The van der Waals surface area contributed by atoms with Crippen LogP contribution >= 0.6 is 0 Å². The van der Waals surface area contributed by atoms with E-state index >= 15 is 0 Å². The first-order valence-electron chi connectivity index (χ1n) is 7.54. The average Bonchev–Trinajstić information content (AvgIpc) is 3.25. The Labute approximate surface area is 143 Å². The van der Waals surface area contributed by atoms with Crippen molar-refractivity contribution in [2.45, 2.75) is 5.75 Å². The molecule has 0 aliphatic rings.